The van der Waals surface area contributed by atoms with E-state index in [1.54, 1.807) is 29.2 Å². The summed E-state index contributed by atoms with van der Waals surface area (Å²) in [5.74, 6) is -0.0684. The minimum Gasteiger partial charge on any atom is -0.388 e. The lowest BCUT2D eigenvalue weighted by Gasteiger charge is -2.38. The second-order valence-corrected chi connectivity index (χ2v) is 6.28. The largest absolute Gasteiger partial charge is 0.388 e. The van der Waals surface area contributed by atoms with Crippen molar-refractivity contribution in [1.29, 1.82) is 0 Å². The number of carbonyl (C=O) groups is 1. The minimum absolute atomic E-state index is 0.0617. The molecule has 2 aromatic carbocycles. The second-order valence-electron chi connectivity index (χ2n) is 5.84. The van der Waals surface area contributed by atoms with Gasteiger partial charge in [0.05, 0.1) is 11.8 Å². The number of hydrogen-bond acceptors (Lipinski definition) is 2. The van der Waals surface area contributed by atoms with E-state index < -0.39 is 6.10 Å². The molecule has 22 heavy (non-hydrogen) atoms. The van der Waals surface area contributed by atoms with Gasteiger partial charge in [-0.1, -0.05) is 29.3 Å². The smallest absolute Gasteiger partial charge is 0.258 e. The monoisotopic (exact) mass is 315 g/mol. The topological polar surface area (TPSA) is 40.5 Å². The van der Waals surface area contributed by atoms with E-state index in [0.717, 1.165) is 16.8 Å². The lowest BCUT2D eigenvalue weighted by Crippen LogP contribution is -2.43. The summed E-state index contributed by atoms with van der Waals surface area (Å²) >= 11 is 5.89. The third-order valence-electron chi connectivity index (χ3n) is 4.12. The molecule has 0 radical (unpaired) electrons. The Morgan fingerprint density at radius 1 is 1.23 bits per heavy atom. The van der Waals surface area contributed by atoms with Gasteiger partial charge in [-0.15, -0.1) is 0 Å². The number of rotatable bonds is 1. The highest BCUT2D eigenvalue weighted by Crippen LogP contribution is 2.38. The Hall–Kier alpha value is -1.84. The van der Waals surface area contributed by atoms with E-state index in [4.69, 9.17) is 11.6 Å². The molecule has 0 fully saturated rings. The van der Waals surface area contributed by atoms with E-state index in [-0.39, 0.29) is 11.9 Å². The number of hydrogen-bond donors (Lipinski definition) is 1. The van der Waals surface area contributed by atoms with Gasteiger partial charge in [-0.2, -0.15) is 0 Å². The first-order chi connectivity index (χ1) is 10.5. The molecular formula is C18H18ClNO2. The van der Waals surface area contributed by atoms with Crippen molar-refractivity contribution in [1.82, 2.24) is 0 Å². The van der Waals surface area contributed by atoms with Gasteiger partial charge in [-0.05, 0) is 50.6 Å². The SMILES string of the molecule is Cc1ccc2c(c1)[C@@H](O)C[C@@H](C)N2C(=O)c1ccc(Cl)cc1. The summed E-state index contributed by atoms with van der Waals surface area (Å²) in [6.07, 6.45) is 0.00893. The van der Waals surface area contributed by atoms with E-state index in [0.29, 0.717) is 17.0 Å². The molecule has 2 aromatic rings. The molecule has 4 heteroatoms. The molecule has 1 heterocycles. The third kappa shape index (κ3) is 2.62. The Kier molecular flexibility index (Phi) is 3.94. The van der Waals surface area contributed by atoms with Crippen LogP contribution in [-0.2, 0) is 0 Å². The zero-order valence-electron chi connectivity index (χ0n) is 12.6. The van der Waals surface area contributed by atoms with E-state index in [9.17, 15) is 9.90 Å². The first kappa shape index (κ1) is 15.1. The second kappa shape index (κ2) is 5.75. The van der Waals surface area contributed by atoms with Crippen molar-refractivity contribution in [3.63, 3.8) is 0 Å². The van der Waals surface area contributed by atoms with Crippen LogP contribution in [0.25, 0.3) is 0 Å². The summed E-state index contributed by atoms with van der Waals surface area (Å²) in [6.45, 7) is 3.94. The number of carbonyl (C=O) groups excluding carboxylic acids is 1. The van der Waals surface area contributed by atoms with Gasteiger partial charge in [-0.3, -0.25) is 4.79 Å². The van der Waals surface area contributed by atoms with Crippen LogP contribution >= 0.6 is 11.6 Å². The Labute approximate surface area is 135 Å². The van der Waals surface area contributed by atoms with Crippen LogP contribution in [0, 0.1) is 6.92 Å². The Bertz CT molecular complexity index is 712. The van der Waals surface area contributed by atoms with Crippen LogP contribution in [0.2, 0.25) is 5.02 Å². The third-order valence-corrected chi connectivity index (χ3v) is 4.37. The van der Waals surface area contributed by atoms with Gasteiger partial charge < -0.3 is 10.0 Å². The number of fused-ring (bicyclic) bond motifs is 1. The fourth-order valence-electron chi connectivity index (χ4n) is 2.99. The van der Waals surface area contributed by atoms with Gasteiger partial charge in [0.25, 0.3) is 5.91 Å². The minimum atomic E-state index is -0.529. The Balaban J connectivity index is 2.04. The molecule has 1 N–H and O–H groups in total. The first-order valence-electron chi connectivity index (χ1n) is 7.35. The summed E-state index contributed by atoms with van der Waals surface area (Å²) < 4.78 is 0. The number of aryl methyl sites for hydroxylation is 1. The van der Waals surface area contributed by atoms with Gasteiger partial charge in [0.2, 0.25) is 0 Å². The zero-order chi connectivity index (χ0) is 15.9. The summed E-state index contributed by atoms with van der Waals surface area (Å²) in [6, 6.07) is 12.7. The first-order valence-corrected chi connectivity index (χ1v) is 7.73. The summed E-state index contributed by atoms with van der Waals surface area (Å²) in [7, 11) is 0. The molecule has 1 aliphatic heterocycles. The average Bonchev–Trinajstić information content (AvgIpc) is 2.48. The van der Waals surface area contributed by atoms with Crippen molar-refractivity contribution in [2.75, 3.05) is 4.90 Å². The maximum atomic E-state index is 12.9. The predicted octanol–water partition coefficient (Wildman–Crippen LogP) is 4.12. The lowest BCUT2D eigenvalue weighted by atomic mass is 9.92. The number of halogens is 1. The lowest BCUT2D eigenvalue weighted by molar-refractivity contribution is 0.0949. The molecule has 0 bridgehead atoms. The van der Waals surface area contributed by atoms with Crippen molar-refractivity contribution >= 4 is 23.2 Å². The van der Waals surface area contributed by atoms with Crippen molar-refractivity contribution in [2.24, 2.45) is 0 Å². The fraction of sp³-hybridized carbons (Fsp3) is 0.278. The Morgan fingerprint density at radius 3 is 2.59 bits per heavy atom. The van der Waals surface area contributed by atoms with E-state index in [1.165, 1.54) is 0 Å². The average molecular weight is 316 g/mol. The van der Waals surface area contributed by atoms with Crippen LogP contribution in [0.5, 0.6) is 0 Å². The molecule has 0 unspecified atom stereocenters. The molecule has 0 spiro atoms. The van der Waals surface area contributed by atoms with Gasteiger partial charge >= 0.3 is 0 Å². The molecule has 114 valence electrons. The number of amides is 1. The zero-order valence-corrected chi connectivity index (χ0v) is 13.3. The molecule has 1 aliphatic rings. The molecule has 0 saturated carbocycles. The van der Waals surface area contributed by atoms with Crippen LogP contribution in [-0.4, -0.2) is 17.1 Å². The Morgan fingerprint density at radius 2 is 1.91 bits per heavy atom. The van der Waals surface area contributed by atoms with E-state index >= 15 is 0 Å². The maximum Gasteiger partial charge on any atom is 0.258 e. The van der Waals surface area contributed by atoms with Gasteiger partial charge in [0.15, 0.2) is 0 Å². The standard InChI is InChI=1S/C18H18ClNO2/c1-11-3-8-16-15(9-11)17(21)10-12(2)20(16)18(22)13-4-6-14(19)7-5-13/h3-9,12,17,21H,10H2,1-2H3/t12-,17+/m1/s1. The highest BCUT2D eigenvalue weighted by Gasteiger charge is 2.33. The highest BCUT2D eigenvalue weighted by molar-refractivity contribution is 6.30. The van der Waals surface area contributed by atoms with Crippen LogP contribution in [0.15, 0.2) is 42.5 Å². The fourth-order valence-corrected chi connectivity index (χ4v) is 3.12. The van der Waals surface area contributed by atoms with Gasteiger partial charge in [0, 0.05) is 22.2 Å². The quantitative estimate of drug-likeness (QED) is 0.860. The molecule has 3 nitrogen and oxygen atoms in total. The van der Waals surface area contributed by atoms with Crippen molar-refractivity contribution < 1.29 is 9.90 Å². The van der Waals surface area contributed by atoms with Crippen LogP contribution in [0.1, 0.15) is 40.9 Å². The van der Waals surface area contributed by atoms with Crippen LogP contribution < -0.4 is 4.90 Å². The number of anilines is 1. The number of aliphatic hydroxyl groups excluding tert-OH is 1. The molecule has 2 atom stereocenters. The molecule has 0 aromatic heterocycles. The number of aliphatic hydroxyl groups is 1. The van der Waals surface area contributed by atoms with Crippen molar-refractivity contribution in [2.45, 2.75) is 32.4 Å². The van der Waals surface area contributed by atoms with E-state index in [2.05, 4.69) is 0 Å². The normalized spacial score (nSPS) is 20.6. The van der Waals surface area contributed by atoms with E-state index in [1.807, 2.05) is 32.0 Å². The molecule has 0 aliphatic carbocycles. The highest BCUT2D eigenvalue weighted by atomic mass is 35.5. The van der Waals surface area contributed by atoms with Crippen molar-refractivity contribution in [3.05, 3.63) is 64.2 Å². The predicted molar refractivity (Wildman–Crippen MR) is 88.5 cm³/mol. The van der Waals surface area contributed by atoms with Crippen molar-refractivity contribution in [3.8, 4) is 0 Å². The summed E-state index contributed by atoms with van der Waals surface area (Å²) in [5.41, 5.74) is 3.28. The van der Waals surface area contributed by atoms with Gasteiger partial charge in [-0.25, -0.2) is 0 Å². The maximum absolute atomic E-state index is 12.9. The number of benzene rings is 2. The van der Waals surface area contributed by atoms with Gasteiger partial charge in [0.1, 0.15) is 0 Å². The molecule has 1 amide bonds. The number of nitrogens with zero attached hydrogens (tertiary/aromatic N) is 1. The van der Waals surface area contributed by atoms with Crippen LogP contribution in [0.3, 0.4) is 0 Å². The molecule has 3 rings (SSSR count). The molecular weight excluding hydrogens is 298 g/mol. The summed E-state index contributed by atoms with van der Waals surface area (Å²) in [5, 5.41) is 10.9. The van der Waals surface area contributed by atoms with Crippen LogP contribution in [0.4, 0.5) is 5.69 Å². The summed E-state index contributed by atoms with van der Waals surface area (Å²) in [4.78, 5) is 14.6. The molecule has 0 saturated heterocycles.